The van der Waals surface area contributed by atoms with E-state index in [1.165, 1.54) is 19.4 Å². The summed E-state index contributed by atoms with van der Waals surface area (Å²) in [5.41, 5.74) is 0.670. The summed E-state index contributed by atoms with van der Waals surface area (Å²) in [5, 5.41) is 15.0. The molecule has 7 nitrogen and oxygen atoms in total. The van der Waals surface area contributed by atoms with Gasteiger partial charge in [-0.15, -0.1) is 5.10 Å². The van der Waals surface area contributed by atoms with Gasteiger partial charge in [0, 0.05) is 12.6 Å². The van der Waals surface area contributed by atoms with Crippen LogP contribution in [0.4, 0.5) is 5.82 Å². The van der Waals surface area contributed by atoms with E-state index in [9.17, 15) is 0 Å². The lowest BCUT2D eigenvalue weighted by atomic mass is 10.1. The minimum atomic E-state index is 0.440. The van der Waals surface area contributed by atoms with E-state index in [0.29, 0.717) is 11.7 Å². The zero-order chi connectivity index (χ0) is 12.4. The van der Waals surface area contributed by atoms with Gasteiger partial charge in [0.2, 0.25) is 0 Å². The Morgan fingerprint density at radius 2 is 2.39 bits per heavy atom. The van der Waals surface area contributed by atoms with Crippen molar-refractivity contribution >= 4 is 11.5 Å². The average Bonchev–Trinajstić information content (AvgIpc) is 2.88. The number of tetrazole rings is 1. The highest BCUT2D eigenvalue weighted by atomic mass is 15.5. The second kappa shape index (κ2) is 4.85. The molecule has 1 fully saturated rings. The molecule has 1 saturated heterocycles. The van der Waals surface area contributed by atoms with Gasteiger partial charge in [-0.05, 0) is 36.4 Å². The maximum absolute atomic E-state index is 4.15. The Bertz CT molecular complexity index is 523. The van der Waals surface area contributed by atoms with Crippen molar-refractivity contribution in [2.45, 2.75) is 25.8 Å². The van der Waals surface area contributed by atoms with Gasteiger partial charge in [-0.2, -0.15) is 4.52 Å². The molecule has 0 spiro atoms. The highest BCUT2D eigenvalue weighted by Gasteiger charge is 2.19. The van der Waals surface area contributed by atoms with Crippen LogP contribution >= 0.6 is 0 Å². The van der Waals surface area contributed by atoms with Gasteiger partial charge < -0.3 is 10.2 Å². The molecule has 0 saturated carbocycles. The van der Waals surface area contributed by atoms with Crippen molar-refractivity contribution in [3.8, 4) is 0 Å². The first-order valence-electron chi connectivity index (χ1n) is 6.38. The van der Waals surface area contributed by atoms with E-state index in [1.807, 2.05) is 0 Å². The maximum Gasteiger partial charge on any atom is 0.199 e. The monoisotopic (exact) mass is 247 g/mol. The molecule has 96 valence electrons. The Balaban J connectivity index is 1.77. The van der Waals surface area contributed by atoms with E-state index in [1.54, 1.807) is 16.9 Å². The average molecular weight is 247 g/mol. The van der Waals surface area contributed by atoms with Crippen LogP contribution in [-0.4, -0.2) is 55.6 Å². The van der Waals surface area contributed by atoms with Crippen LogP contribution in [0.5, 0.6) is 0 Å². The molecule has 1 aliphatic rings. The number of anilines is 1. The number of fused-ring (bicyclic) bond motifs is 1. The van der Waals surface area contributed by atoms with Crippen molar-refractivity contribution in [1.82, 2.24) is 29.9 Å². The van der Waals surface area contributed by atoms with Crippen LogP contribution in [0.25, 0.3) is 5.65 Å². The molecule has 0 aromatic carbocycles. The van der Waals surface area contributed by atoms with Gasteiger partial charge in [0.15, 0.2) is 11.5 Å². The number of rotatable bonds is 3. The van der Waals surface area contributed by atoms with Crippen molar-refractivity contribution in [1.29, 1.82) is 0 Å². The fourth-order valence-electron chi connectivity index (χ4n) is 2.44. The third-order valence-corrected chi connectivity index (χ3v) is 3.41. The SMILES string of the molecule is CCN1CCCC(Nc2cncc3nnnn23)C1. The summed E-state index contributed by atoms with van der Waals surface area (Å²) in [7, 11) is 0. The molecule has 1 aliphatic heterocycles. The van der Waals surface area contributed by atoms with E-state index in [-0.39, 0.29) is 0 Å². The molecule has 18 heavy (non-hydrogen) atoms. The van der Waals surface area contributed by atoms with Gasteiger partial charge in [-0.25, -0.2) is 0 Å². The zero-order valence-corrected chi connectivity index (χ0v) is 10.5. The Kier molecular flexibility index (Phi) is 3.06. The van der Waals surface area contributed by atoms with E-state index in [4.69, 9.17) is 0 Å². The number of nitrogens with zero attached hydrogens (tertiary/aromatic N) is 6. The largest absolute Gasteiger partial charge is 0.365 e. The molecule has 1 atom stereocenters. The predicted octanol–water partition coefficient (Wildman–Crippen LogP) is 0.415. The molecule has 0 amide bonds. The molecule has 2 aromatic rings. The van der Waals surface area contributed by atoms with Gasteiger partial charge in [0.05, 0.1) is 12.4 Å². The Labute approximate surface area is 105 Å². The summed E-state index contributed by atoms with van der Waals surface area (Å²) >= 11 is 0. The van der Waals surface area contributed by atoms with E-state index in [2.05, 4.69) is 37.6 Å². The smallest absolute Gasteiger partial charge is 0.199 e. The summed E-state index contributed by atoms with van der Waals surface area (Å²) in [6, 6.07) is 0.440. The molecule has 0 radical (unpaired) electrons. The first-order chi connectivity index (χ1) is 8.86. The standard InChI is InChI=1S/C11H17N7/c1-2-17-5-3-4-9(8-17)13-10-6-12-7-11-14-15-16-18(10)11/h6-7,9,13H,2-5,8H2,1H3. The summed E-state index contributed by atoms with van der Waals surface area (Å²) < 4.78 is 1.69. The Hall–Kier alpha value is -1.76. The summed E-state index contributed by atoms with van der Waals surface area (Å²) in [6.45, 7) is 5.56. The lowest BCUT2D eigenvalue weighted by Gasteiger charge is -2.32. The van der Waals surface area contributed by atoms with Gasteiger partial charge in [0.25, 0.3) is 0 Å². The van der Waals surface area contributed by atoms with Crippen molar-refractivity contribution in [2.24, 2.45) is 0 Å². The second-order valence-electron chi connectivity index (χ2n) is 4.62. The molecule has 3 rings (SSSR count). The number of nitrogens with one attached hydrogen (secondary N) is 1. The minimum absolute atomic E-state index is 0.440. The quantitative estimate of drug-likeness (QED) is 0.847. The Morgan fingerprint density at radius 3 is 3.28 bits per heavy atom. The third kappa shape index (κ3) is 2.13. The number of hydrogen-bond donors (Lipinski definition) is 1. The van der Waals surface area contributed by atoms with E-state index in [0.717, 1.165) is 18.9 Å². The topological polar surface area (TPSA) is 71.2 Å². The van der Waals surface area contributed by atoms with Crippen molar-refractivity contribution in [3.63, 3.8) is 0 Å². The lowest BCUT2D eigenvalue weighted by Crippen LogP contribution is -2.42. The van der Waals surface area contributed by atoms with Gasteiger partial charge in [-0.1, -0.05) is 6.92 Å². The molecule has 0 aliphatic carbocycles. The van der Waals surface area contributed by atoms with Crippen LogP contribution in [-0.2, 0) is 0 Å². The lowest BCUT2D eigenvalue weighted by molar-refractivity contribution is 0.226. The summed E-state index contributed by atoms with van der Waals surface area (Å²) in [5.74, 6) is 0.862. The first-order valence-corrected chi connectivity index (χ1v) is 6.38. The zero-order valence-electron chi connectivity index (χ0n) is 10.5. The molecule has 2 aromatic heterocycles. The molecular formula is C11H17N7. The number of likely N-dealkylation sites (N-methyl/N-ethyl adjacent to an activating group) is 1. The van der Waals surface area contributed by atoms with E-state index >= 15 is 0 Å². The fourth-order valence-corrected chi connectivity index (χ4v) is 2.44. The number of likely N-dealkylation sites (tertiary alicyclic amines) is 1. The first kappa shape index (κ1) is 11.3. The van der Waals surface area contributed by atoms with Crippen LogP contribution in [0, 0.1) is 0 Å². The predicted molar refractivity (Wildman–Crippen MR) is 67.3 cm³/mol. The molecular weight excluding hydrogens is 230 g/mol. The molecule has 7 heteroatoms. The van der Waals surface area contributed by atoms with Crippen LogP contribution in [0.2, 0.25) is 0 Å². The van der Waals surface area contributed by atoms with Crippen LogP contribution in [0.1, 0.15) is 19.8 Å². The number of aromatic nitrogens is 5. The highest BCUT2D eigenvalue weighted by Crippen LogP contribution is 2.15. The van der Waals surface area contributed by atoms with Gasteiger partial charge in [0.1, 0.15) is 0 Å². The normalized spacial score (nSPS) is 21.3. The van der Waals surface area contributed by atoms with Crippen molar-refractivity contribution < 1.29 is 0 Å². The summed E-state index contributed by atoms with van der Waals surface area (Å²) in [4.78, 5) is 6.60. The van der Waals surface area contributed by atoms with Crippen molar-refractivity contribution in [3.05, 3.63) is 12.4 Å². The number of piperidine rings is 1. The van der Waals surface area contributed by atoms with Gasteiger partial charge in [-0.3, -0.25) is 4.98 Å². The van der Waals surface area contributed by atoms with Crippen molar-refractivity contribution in [2.75, 3.05) is 25.0 Å². The fraction of sp³-hybridized carbons (Fsp3) is 0.636. The summed E-state index contributed by atoms with van der Waals surface area (Å²) in [6.07, 6.45) is 5.83. The van der Waals surface area contributed by atoms with Crippen LogP contribution < -0.4 is 5.32 Å². The second-order valence-corrected chi connectivity index (χ2v) is 4.62. The highest BCUT2D eigenvalue weighted by molar-refractivity contribution is 5.44. The minimum Gasteiger partial charge on any atom is -0.365 e. The maximum atomic E-state index is 4.15. The molecule has 0 bridgehead atoms. The third-order valence-electron chi connectivity index (χ3n) is 3.41. The molecule has 1 unspecified atom stereocenters. The van der Waals surface area contributed by atoms with Crippen LogP contribution in [0.3, 0.4) is 0 Å². The number of hydrogen-bond acceptors (Lipinski definition) is 6. The molecule has 3 heterocycles. The van der Waals surface area contributed by atoms with Crippen LogP contribution in [0.15, 0.2) is 12.4 Å². The van der Waals surface area contributed by atoms with Gasteiger partial charge >= 0.3 is 0 Å². The molecule has 1 N–H and O–H groups in total. The Morgan fingerprint density at radius 1 is 1.44 bits per heavy atom. The van der Waals surface area contributed by atoms with E-state index < -0.39 is 0 Å².